The van der Waals surface area contributed by atoms with E-state index in [1.54, 1.807) is 0 Å². The fraction of sp³-hybridized carbons (Fsp3) is 0.538. The van der Waals surface area contributed by atoms with Gasteiger partial charge >= 0.3 is 0 Å². The third kappa shape index (κ3) is 2.09. The third-order valence-electron chi connectivity index (χ3n) is 2.48. The Balaban J connectivity index is 3.12. The van der Waals surface area contributed by atoms with Gasteiger partial charge in [-0.3, -0.25) is 0 Å². The lowest BCUT2D eigenvalue weighted by Crippen LogP contribution is -2.30. The number of allylic oxidation sites excluding steroid dienone is 4. The van der Waals surface area contributed by atoms with Crippen molar-refractivity contribution in [3.05, 3.63) is 35.7 Å². The molecule has 0 N–H and O–H groups in total. The molecule has 0 saturated heterocycles. The van der Waals surface area contributed by atoms with Gasteiger partial charge in [-0.1, -0.05) is 27.4 Å². The molecule has 1 aliphatic heterocycles. The van der Waals surface area contributed by atoms with Crippen molar-refractivity contribution in [3.63, 3.8) is 0 Å². The van der Waals surface area contributed by atoms with Gasteiger partial charge in [0.15, 0.2) is 0 Å². The van der Waals surface area contributed by atoms with E-state index >= 15 is 0 Å². The van der Waals surface area contributed by atoms with Gasteiger partial charge in [0.2, 0.25) is 0 Å². The summed E-state index contributed by atoms with van der Waals surface area (Å²) < 4.78 is 0. The average molecular weight is 191 g/mol. The van der Waals surface area contributed by atoms with Crippen molar-refractivity contribution < 1.29 is 0 Å². The first kappa shape index (κ1) is 11.1. The van der Waals surface area contributed by atoms with Crippen LogP contribution < -0.4 is 0 Å². The molecule has 78 valence electrons. The number of hydrogen-bond donors (Lipinski definition) is 0. The van der Waals surface area contributed by atoms with Gasteiger partial charge in [0.1, 0.15) is 0 Å². The lowest BCUT2D eigenvalue weighted by molar-refractivity contribution is 0.331. The SMILES string of the molecule is C=C1C=C(C)C=C(C(C)(C)C)N1CC. The minimum Gasteiger partial charge on any atom is -0.345 e. The normalized spacial score (nSPS) is 18.1. The van der Waals surface area contributed by atoms with Crippen molar-refractivity contribution in [2.45, 2.75) is 34.6 Å². The van der Waals surface area contributed by atoms with E-state index in [4.69, 9.17) is 0 Å². The Hall–Kier alpha value is -0.980. The van der Waals surface area contributed by atoms with Crippen LogP contribution in [-0.2, 0) is 0 Å². The van der Waals surface area contributed by atoms with Gasteiger partial charge in [-0.05, 0) is 31.6 Å². The van der Waals surface area contributed by atoms with Crippen LogP contribution in [0.5, 0.6) is 0 Å². The molecule has 1 aliphatic rings. The van der Waals surface area contributed by atoms with Gasteiger partial charge in [0, 0.05) is 23.4 Å². The van der Waals surface area contributed by atoms with Crippen LogP contribution in [0, 0.1) is 5.41 Å². The molecule has 0 spiro atoms. The van der Waals surface area contributed by atoms with Gasteiger partial charge in [-0.2, -0.15) is 0 Å². The van der Waals surface area contributed by atoms with E-state index in [9.17, 15) is 0 Å². The van der Waals surface area contributed by atoms with E-state index in [2.05, 4.69) is 58.2 Å². The van der Waals surface area contributed by atoms with Crippen LogP contribution in [0.15, 0.2) is 35.7 Å². The molecule has 0 atom stereocenters. The van der Waals surface area contributed by atoms with Gasteiger partial charge < -0.3 is 4.90 Å². The highest BCUT2D eigenvalue weighted by Gasteiger charge is 2.25. The van der Waals surface area contributed by atoms with E-state index in [-0.39, 0.29) is 5.41 Å². The lowest BCUT2D eigenvalue weighted by atomic mass is 9.87. The van der Waals surface area contributed by atoms with Crippen molar-refractivity contribution in [1.29, 1.82) is 0 Å². The Morgan fingerprint density at radius 1 is 1.29 bits per heavy atom. The molecule has 0 aromatic carbocycles. The Kier molecular flexibility index (Phi) is 2.89. The molecule has 0 aromatic heterocycles. The standard InChI is InChI=1S/C13H21N/c1-7-14-11(3)8-10(2)9-12(14)13(4,5)6/h8-9H,3,7H2,1-2,4-6H3. The Morgan fingerprint density at radius 3 is 2.29 bits per heavy atom. The lowest BCUT2D eigenvalue weighted by Gasteiger charge is -2.37. The van der Waals surface area contributed by atoms with Gasteiger partial charge in [-0.25, -0.2) is 0 Å². The zero-order chi connectivity index (χ0) is 10.9. The fourth-order valence-corrected chi connectivity index (χ4v) is 1.83. The zero-order valence-corrected chi connectivity index (χ0v) is 10.0. The quantitative estimate of drug-likeness (QED) is 0.610. The largest absolute Gasteiger partial charge is 0.345 e. The minimum atomic E-state index is 0.189. The maximum Gasteiger partial charge on any atom is 0.0337 e. The zero-order valence-electron chi connectivity index (χ0n) is 10.0. The summed E-state index contributed by atoms with van der Waals surface area (Å²) in [7, 11) is 0. The molecule has 0 aromatic rings. The molecular weight excluding hydrogens is 170 g/mol. The summed E-state index contributed by atoms with van der Waals surface area (Å²) in [6, 6.07) is 0. The Bertz CT molecular complexity index is 300. The smallest absolute Gasteiger partial charge is 0.0337 e. The summed E-state index contributed by atoms with van der Waals surface area (Å²) in [5.74, 6) is 0. The van der Waals surface area contributed by atoms with Crippen molar-refractivity contribution in [1.82, 2.24) is 4.90 Å². The molecule has 0 fully saturated rings. The molecule has 0 aliphatic carbocycles. The second-order valence-electron chi connectivity index (χ2n) is 4.90. The van der Waals surface area contributed by atoms with Crippen LogP contribution in [0.4, 0.5) is 0 Å². The highest BCUT2D eigenvalue weighted by Crippen LogP contribution is 2.34. The summed E-state index contributed by atoms with van der Waals surface area (Å²) >= 11 is 0. The van der Waals surface area contributed by atoms with E-state index in [0.717, 1.165) is 12.2 Å². The third-order valence-corrected chi connectivity index (χ3v) is 2.48. The number of nitrogens with zero attached hydrogens (tertiary/aromatic N) is 1. The maximum absolute atomic E-state index is 4.09. The second-order valence-corrected chi connectivity index (χ2v) is 4.90. The van der Waals surface area contributed by atoms with Crippen LogP contribution in [0.2, 0.25) is 0 Å². The Morgan fingerprint density at radius 2 is 1.86 bits per heavy atom. The number of rotatable bonds is 1. The second kappa shape index (κ2) is 3.64. The predicted octanol–water partition coefficient (Wildman–Crippen LogP) is 3.71. The maximum atomic E-state index is 4.09. The van der Waals surface area contributed by atoms with E-state index in [1.807, 2.05) is 0 Å². The topological polar surface area (TPSA) is 3.24 Å². The van der Waals surface area contributed by atoms with Crippen LogP contribution in [0.3, 0.4) is 0 Å². The molecule has 0 unspecified atom stereocenters. The van der Waals surface area contributed by atoms with Crippen LogP contribution >= 0.6 is 0 Å². The summed E-state index contributed by atoms with van der Waals surface area (Å²) in [6.45, 7) is 16.1. The minimum absolute atomic E-state index is 0.189. The molecule has 0 saturated carbocycles. The van der Waals surface area contributed by atoms with Gasteiger partial charge in [0.25, 0.3) is 0 Å². The summed E-state index contributed by atoms with van der Waals surface area (Å²) in [6.07, 6.45) is 4.40. The summed E-state index contributed by atoms with van der Waals surface area (Å²) in [4.78, 5) is 2.28. The first-order valence-corrected chi connectivity index (χ1v) is 5.23. The highest BCUT2D eigenvalue weighted by atomic mass is 15.2. The predicted molar refractivity (Wildman–Crippen MR) is 62.8 cm³/mol. The number of likely N-dealkylation sites (N-methyl/N-ethyl adjacent to an activating group) is 1. The number of hydrogen-bond acceptors (Lipinski definition) is 1. The highest BCUT2D eigenvalue weighted by molar-refractivity contribution is 5.38. The van der Waals surface area contributed by atoms with E-state index in [1.165, 1.54) is 11.3 Å². The van der Waals surface area contributed by atoms with Crippen molar-refractivity contribution >= 4 is 0 Å². The molecule has 1 heteroatoms. The molecule has 14 heavy (non-hydrogen) atoms. The average Bonchev–Trinajstić information content (AvgIpc) is 2.01. The van der Waals surface area contributed by atoms with Gasteiger partial charge in [-0.15, -0.1) is 0 Å². The molecule has 0 radical (unpaired) electrons. The van der Waals surface area contributed by atoms with Crippen LogP contribution in [-0.4, -0.2) is 11.4 Å². The van der Waals surface area contributed by atoms with Crippen molar-refractivity contribution in [2.24, 2.45) is 5.41 Å². The van der Waals surface area contributed by atoms with Crippen molar-refractivity contribution in [2.75, 3.05) is 6.54 Å². The molecular formula is C13H21N. The Labute approximate surface area is 87.8 Å². The molecule has 0 amide bonds. The van der Waals surface area contributed by atoms with Crippen LogP contribution in [0.25, 0.3) is 0 Å². The van der Waals surface area contributed by atoms with Crippen molar-refractivity contribution in [3.8, 4) is 0 Å². The van der Waals surface area contributed by atoms with Gasteiger partial charge in [0.05, 0.1) is 0 Å². The summed E-state index contributed by atoms with van der Waals surface area (Å²) in [5, 5.41) is 0. The summed E-state index contributed by atoms with van der Waals surface area (Å²) in [5.41, 5.74) is 3.96. The van der Waals surface area contributed by atoms with Crippen LogP contribution in [0.1, 0.15) is 34.6 Å². The molecule has 1 heterocycles. The van der Waals surface area contributed by atoms with E-state index < -0.39 is 0 Å². The molecule has 1 rings (SSSR count). The monoisotopic (exact) mass is 191 g/mol. The first-order valence-electron chi connectivity index (χ1n) is 5.23. The molecule has 1 nitrogen and oxygen atoms in total. The molecule has 0 bridgehead atoms. The van der Waals surface area contributed by atoms with E-state index in [0.29, 0.717) is 0 Å². The fourth-order valence-electron chi connectivity index (χ4n) is 1.83. The first-order chi connectivity index (χ1) is 6.36.